The Balaban J connectivity index is 1.54. The Bertz CT molecular complexity index is 812. The van der Waals surface area contributed by atoms with E-state index in [0.29, 0.717) is 36.6 Å². The molecule has 0 saturated carbocycles. The quantitative estimate of drug-likeness (QED) is 0.834. The Hall–Kier alpha value is -3.02. The van der Waals surface area contributed by atoms with Gasteiger partial charge < -0.3 is 19.7 Å². The summed E-state index contributed by atoms with van der Waals surface area (Å²) in [4.78, 5) is 27.0. The molecule has 1 aliphatic heterocycles. The number of para-hydroxylation sites is 1. The first-order valence-electron chi connectivity index (χ1n) is 9.58. The van der Waals surface area contributed by atoms with Crippen molar-refractivity contribution in [3.63, 3.8) is 0 Å². The number of nitrogens with zero attached hydrogens (tertiary/aromatic N) is 1. The highest BCUT2D eigenvalue weighted by Crippen LogP contribution is 2.20. The molecule has 1 aliphatic rings. The van der Waals surface area contributed by atoms with Gasteiger partial charge in [-0.3, -0.25) is 9.59 Å². The number of likely N-dealkylation sites (tertiary alicyclic amines) is 1. The second-order valence-electron chi connectivity index (χ2n) is 6.70. The van der Waals surface area contributed by atoms with Crippen molar-refractivity contribution >= 4 is 11.8 Å². The van der Waals surface area contributed by atoms with Gasteiger partial charge in [0.2, 0.25) is 0 Å². The molecule has 1 fully saturated rings. The van der Waals surface area contributed by atoms with Gasteiger partial charge in [-0.05, 0) is 56.2 Å². The third-order valence-electron chi connectivity index (χ3n) is 4.88. The molecule has 0 bridgehead atoms. The van der Waals surface area contributed by atoms with Gasteiger partial charge in [-0.1, -0.05) is 12.1 Å². The fraction of sp³-hybridized carbons (Fsp3) is 0.364. The first kappa shape index (κ1) is 19.7. The number of carbonyl (C=O) groups is 2. The molecule has 28 heavy (non-hydrogen) atoms. The molecule has 0 unspecified atom stereocenters. The van der Waals surface area contributed by atoms with E-state index in [-0.39, 0.29) is 17.9 Å². The van der Waals surface area contributed by atoms with Crippen molar-refractivity contribution in [1.82, 2.24) is 10.2 Å². The van der Waals surface area contributed by atoms with E-state index in [1.807, 2.05) is 36.1 Å². The third kappa shape index (κ3) is 4.63. The molecule has 0 radical (unpaired) electrons. The van der Waals surface area contributed by atoms with Crippen LogP contribution < -0.4 is 14.8 Å². The lowest BCUT2D eigenvalue weighted by atomic mass is 10.0. The lowest BCUT2D eigenvalue weighted by Gasteiger charge is -2.32. The molecule has 3 rings (SSSR count). The van der Waals surface area contributed by atoms with Gasteiger partial charge in [0, 0.05) is 24.7 Å². The number of carbonyl (C=O) groups excluding carboxylic acids is 2. The van der Waals surface area contributed by atoms with Crippen LogP contribution in [0, 0.1) is 0 Å². The van der Waals surface area contributed by atoms with Crippen LogP contribution in [0.2, 0.25) is 0 Å². The first-order valence-corrected chi connectivity index (χ1v) is 9.58. The molecule has 0 aromatic heterocycles. The molecule has 0 atom stereocenters. The van der Waals surface area contributed by atoms with E-state index < -0.39 is 0 Å². The van der Waals surface area contributed by atoms with Gasteiger partial charge in [0.1, 0.15) is 11.5 Å². The van der Waals surface area contributed by atoms with Crippen molar-refractivity contribution in [3.05, 3.63) is 59.7 Å². The first-order chi connectivity index (χ1) is 13.6. The lowest BCUT2D eigenvalue weighted by molar-refractivity contribution is 0.0698. The van der Waals surface area contributed by atoms with Gasteiger partial charge in [0.15, 0.2) is 0 Å². The Kier molecular flexibility index (Phi) is 6.53. The van der Waals surface area contributed by atoms with E-state index in [9.17, 15) is 9.59 Å². The number of ether oxygens (including phenoxy) is 2. The third-order valence-corrected chi connectivity index (χ3v) is 4.88. The predicted octanol–water partition coefficient (Wildman–Crippen LogP) is 3.13. The highest BCUT2D eigenvalue weighted by Gasteiger charge is 2.25. The number of benzene rings is 2. The van der Waals surface area contributed by atoms with Crippen LogP contribution in [0.1, 0.15) is 40.5 Å². The fourth-order valence-electron chi connectivity index (χ4n) is 3.37. The minimum Gasteiger partial charge on any atom is -0.496 e. The van der Waals surface area contributed by atoms with Crippen molar-refractivity contribution in [2.45, 2.75) is 25.8 Å². The summed E-state index contributed by atoms with van der Waals surface area (Å²) in [5, 5.41) is 3.06. The minimum atomic E-state index is -0.145. The fourth-order valence-corrected chi connectivity index (χ4v) is 3.37. The van der Waals surface area contributed by atoms with E-state index in [4.69, 9.17) is 9.47 Å². The zero-order valence-electron chi connectivity index (χ0n) is 16.3. The maximum absolute atomic E-state index is 12.7. The number of nitrogens with one attached hydrogen (secondary N) is 1. The average Bonchev–Trinajstić information content (AvgIpc) is 2.74. The van der Waals surface area contributed by atoms with Crippen molar-refractivity contribution in [3.8, 4) is 11.5 Å². The molecular weight excluding hydrogens is 356 g/mol. The van der Waals surface area contributed by atoms with Gasteiger partial charge in [0.05, 0.1) is 19.3 Å². The van der Waals surface area contributed by atoms with Crippen LogP contribution in [-0.2, 0) is 0 Å². The zero-order chi connectivity index (χ0) is 19.9. The van der Waals surface area contributed by atoms with Gasteiger partial charge >= 0.3 is 0 Å². The molecule has 148 valence electrons. The monoisotopic (exact) mass is 382 g/mol. The van der Waals surface area contributed by atoms with Gasteiger partial charge in [-0.25, -0.2) is 0 Å². The normalized spacial score (nSPS) is 14.4. The van der Waals surface area contributed by atoms with Gasteiger partial charge in [-0.2, -0.15) is 0 Å². The van der Waals surface area contributed by atoms with Crippen LogP contribution in [-0.4, -0.2) is 49.6 Å². The van der Waals surface area contributed by atoms with Gasteiger partial charge in [0.25, 0.3) is 11.8 Å². The van der Waals surface area contributed by atoms with Crippen LogP contribution in [0.3, 0.4) is 0 Å². The number of piperidine rings is 1. The van der Waals surface area contributed by atoms with Crippen molar-refractivity contribution < 1.29 is 19.1 Å². The van der Waals surface area contributed by atoms with Crippen LogP contribution >= 0.6 is 0 Å². The van der Waals surface area contributed by atoms with E-state index in [2.05, 4.69) is 5.32 Å². The Morgan fingerprint density at radius 1 is 1.07 bits per heavy atom. The standard InChI is InChI=1S/C22H26N2O4/c1-3-28-18-10-8-16(9-11-18)22(26)24-14-12-17(13-15-24)23-21(25)19-6-4-5-7-20(19)27-2/h4-11,17H,3,12-15H2,1-2H3,(H,23,25). The number of hydrogen-bond donors (Lipinski definition) is 1. The van der Waals surface area contributed by atoms with Gasteiger partial charge in [-0.15, -0.1) is 0 Å². The summed E-state index contributed by atoms with van der Waals surface area (Å²) in [6.07, 6.45) is 1.45. The maximum Gasteiger partial charge on any atom is 0.255 e. The Labute approximate surface area is 165 Å². The molecule has 2 aromatic rings. The molecular formula is C22H26N2O4. The number of amides is 2. The van der Waals surface area contributed by atoms with E-state index in [1.165, 1.54) is 0 Å². The summed E-state index contributed by atoms with van der Waals surface area (Å²) in [5.74, 6) is 1.19. The van der Waals surface area contributed by atoms with Crippen molar-refractivity contribution in [1.29, 1.82) is 0 Å². The molecule has 1 N–H and O–H groups in total. The smallest absolute Gasteiger partial charge is 0.255 e. The minimum absolute atomic E-state index is 0.0116. The molecule has 6 nitrogen and oxygen atoms in total. The summed E-state index contributed by atoms with van der Waals surface area (Å²) in [5.41, 5.74) is 1.18. The van der Waals surface area contributed by atoms with E-state index in [0.717, 1.165) is 18.6 Å². The van der Waals surface area contributed by atoms with Crippen LogP contribution in [0.15, 0.2) is 48.5 Å². The number of methoxy groups -OCH3 is 1. The topological polar surface area (TPSA) is 67.9 Å². The summed E-state index contributed by atoms with van der Waals surface area (Å²) < 4.78 is 10.7. The highest BCUT2D eigenvalue weighted by atomic mass is 16.5. The molecule has 0 aliphatic carbocycles. The molecule has 0 spiro atoms. The second kappa shape index (κ2) is 9.26. The van der Waals surface area contributed by atoms with Crippen LogP contribution in [0.5, 0.6) is 11.5 Å². The van der Waals surface area contributed by atoms with Crippen molar-refractivity contribution in [2.24, 2.45) is 0 Å². The number of hydrogen-bond acceptors (Lipinski definition) is 4. The summed E-state index contributed by atoms with van der Waals surface area (Å²) in [6.45, 7) is 3.75. The average molecular weight is 382 g/mol. The lowest BCUT2D eigenvalue weighted by Crippen LogP contribution is -2.46. The summed E-state index contributed by atoms with van der Waals surface area (Å²) in [7, 11) is 1.55. The van der Waals surface area contributed by atoms with E-state index >= 15 is 0 Å². The second-order valence-corrected chi connectivity index (χ2v) is 6.70. The van der Waals surface area contributed by atoms with E-state index in [1.54, 1.807) is 31.4 Å². The van der Waals surface area contributed by atoms with Crippen LogP contribution in [0.25, 0.3) is 0 Å². The summed E-state index contributed by atoms with van der Waals surface area (Å²) in [6, 6.07) is 14.4. The SMILES string of the molecule is CCOc1ccc(C(=O)N2CCC(NC(=O)c3ccccc3OC)CC2)cc1. The Morgan fingerprint density at radius 2 is 1.75 bits per heavy atom. The summed E-state index contributed by atoms with van der Waals surface area (Å²) >= 11 is 0. The molecule has 1 saturated heterocycles. The zero-order valence-corrected chi connectivity index (χ0v) is 16.3. The number of rotatable bonds is 6. The largest absolute Gasteiger partial charge is 0.496 e. The Morgan fingerprint density at radius 3 is 2.39 bits per heavy atom. The predicted molar refractivity (Wildman–Crippen MR) is 107 cm³/mol. The molecule has 6 heteroatoms. The van der Waals surface area contributed by atoms with Crippen molar-refractivity contribution in [2.75, 3.05) is 26.8 Å². The maximum atomic E-state index is 12.7. The highest BCUT2D eigenvalue weighted by molar-refractivity contribution is 5.97. The molecule has 1 heterocycles. The molecule has 2 aromatic carbocycles. The molecule has 2 amide bonds. The van der Waals surface area contributed by atoms with Crippen LogP contribution in [0.4, 0.5) is 0 Å².